The van der Waals surface area contributed by atoms with E-state index in [-0.39, 0.29) is 0 Å². The minimum Gasteiger partial charge on any atom is -0.383 e. The molecule has 0 radical (unpaired) electrons. The second-order valence-corrected chi connectivity index (χ2v) is 5.59. The number of ether oxygens (including phenoxy) is 1. The fourth-order valence-corrected chi connectivity index (χ4v) is 2.46. The maximum atomic E-state index is 5.92. The van der Waals surface area contributed by atoms with Crippen molar-refractivity contribution in [2.24, 2.45) is 5.92 Å². The van der Waals surface area contributed by atoms with E-state index in [9.17, 15) is 0 Å². The molecule has 1 heterocycles. The maximum absolute atomic E-state index is 5.92. The summed E-state index contributed by atoms with van der Waals surface area (Å²) in [5.74, 6) is 0.533. The minimum atomic E-state index is 0.533. The molecule has 0 amide bonds. The smallest absolute Gasteiger partial charge is 0.0587 e. The second kappa shape index (κ2) is 7.88. The molecule has 2 nitrogen and oxygen atoms in total. The first-order valence-corrected chi connectivity index (χ1v) is 7.03. The molecule has 1 aromatic heterocycles. The average Bonchev–Trinajstić information content (AvgIpc) is 2.68. The quantitative estimate of drug-likeness (QED) is 0.766. The van der Waals surface area contributed by atoms with Crippen LogP contribution in [-0.4, -0.2) is 26.8 Å². The van der Waals surface area contributed by atoms with Crippen LogP contribution in [0.5, 0.6) is 0 Å². The van der Waals surface area contributed by atoms with E-state index in [1.807, 2.05) is 11.4 Å². The third-order valence-corrected chi connectivity index (χ3v) is 3.70. The summed E-state index contributed by atoms with van der Waals surface area (Å²) in [5.41, 5.74) is 1.39. The van der Waals surface area contributed by atoms with Gasteiger partial charge in [0.2, 0.25) is 0 Å². The zero-order valence-corrected chi connectivity index (χ0v) is 12.2. The highest BCUT2D eigenvalue weighted by Crippen LogP contribution is 2.23. The van der Waals surface area contributed by atoms with Crippen molar-refractivity contribution in [3.8, 4) is 0 Å². The molecule has 1 rings (SSSR count). The van der Waals surface area contributed by atoms with Crippen molar-refractivity contribution in [2.45, 2.75) is 13.8 Å². The molecule has 1 N–H and O–H groups in total. The molecule has 1 aromatic rings. The van der Waals surface area contributed by atoms with E-state index < -0.39 is 0 Å². The normalized spacial score (nSPS) is 12.4. The van der Waals surface area contributed by atoms with Crippen LogP contribution in [0.15, 0.2) is 17.0 Å². The predicted octanol–water partition coefficient (Wildman–Crippen LogP) is 3.68. The van der Waals surface area contributed by atoms with Gasteiger partial charge in [0, 0.05) is 30.5 Å². The fraction of sp³-hybridized carbons (Fsp3) is 0.538. The summed E-state index contributed by atoms with van der Waals surface area (Å²) < 4.78 is 5.01. The fourth-order valence-electron chi connectivity index (χ4n) is 1.42. The van der Waals surface area contributed by atoms with Gasteiger partial charge in [-0.05, 0) is 18.1 Å². The summed E-state index contributed by atoms with van der Waals surface area (Å²) in [7, 11) is 1.72. The second-order valence-electron chi connectivity index (χ2n) is 4.21. The summed E-state index contributed by atoms with van der Waals surface area (Å²) in [6.45, 7) is 6.94. The van der Waals surface area contributed by atoms with Crippen molar-refractivity contribution in [3.05, 3.63) is 26.9 Å². The topological polar surface area (TPSA) is 21.3 Å². The van der Waals surface area contributed by atoms with E-state index in [0.717, 1.165) is 24.7 Å². The highest BCUT2D eigenvalue weighted by Gasteiger charge is 2.04. The van der Waals surface area contributed by atoms with E-state index in [4.69, 9.17) is 16.3 Å². The van der Waals surface area contributed by atoms with Crippen molar-refractivity contribution in [1.82, 2.24) is 5.32 Å². The lowest BCUT2D eigenvalue weighted by Crippen LogP contribution is -2.23. The van der Waals surface area contributed by atoms with Gasteiger partial charge in [-0.15, -0.1) is 11.3 Å². The van der Waals surface area contributed by atoms with Gasteiger partial charge in [-0.2, -0.15) is 0 Å². The molecule has 0 spiro atoms. The minimum absolute atomic E-state index is 0.533. The highest BCUT2D eigenvalue weighted by molar-refractivity contribution is 7.11. The Morgan fingerprint density at radius 3 is 2.88 bits per heavy atom. The summed E-state index contributed by atoms with van der Waals surface area (Å²) in [5, 5.41) is 6.15. The summed E-state index contributed by atoms with van der Waals surface area (Å²) in [6.07, 6.45) is 2.22. The van der Waals surface area contributed by atoms with Gasteiger partial charge in [-0.1, -0.05) is 31.0 Å². The van der Waals surface area contributed by atoms with E-state index >= 15 is 0 Å². The standard InChI is InChI=1S/C13H20ClNOS/c1-10(2)11(8-15-4-5-16-3)6-13-7-12(14)9-17-13/h6-7,9-10,15H,4-5,8H2,1-3H3. The average molecular weight is 274 g/mol. The summed E-state index contributed by atoms with van der Waals surface area (Å²) in [6, 6.07) is 2.00. The monoisotopic (exact) mass is 273 g/mol. The molecule has 4 heteroatoms. The van der Waals surface area contributed by atoms with Gasteiger partial charge in [-0.3, -0.25) is 0 Å². The lowest BCUT2D eigenvalue weighted by atomic mass is 10.0. The molecule has 0 bridgehead atoms. The molecule has 0 fully saturated rings. The van der Waals surface area contributed by atoms with Crippen LogP contribution in [0.2, 0.25) is 5.02 Å². The third kappa shape index (κ3) is 5.68. The van der Waals surface area contributed by atoms with Crippen LogP contribution < -0.4 is 5.32 Å². The Kier molecular flexibility index (Phi) is 6.82. The van der Waals surface area contributed by atoms with Crippen molar-refractivity contribution < 1.29 is 4.74 Å². The molecule has 0 aliphatic heterocycles. The molecule has 0 aromatic carbocycles. The lowest BCUT2D eigenvalue weighted by molar-refractivity contribution is 0.200. The molecule has 0 aliphatic carbocycles. The van der Waals surface area contributed by atoms with Gasteiger partial charge in [-0.25, -0.2) is 0 Å². The number of rotatable bonds is 7. The van der Waals surface area contributed by atoms with E-state index in [1.54, 1.807) is 18.4 Å². The summed E-state index contributed by atoms with van der Waals surface area (Å²) >= 11 is 7.60. The molecule has 0 saturated heterocycles. The number of hydrogen-bond donors (Lipinski definition) is 1. The third-order valence-electron chi connectivity index (χ3n) is 2.47. The Bertz CT molecular complexity index is 360. The lowest BCUT2D eigenvalue weighted by Gasteiger charge is -2.12. The zero-order chi connectivity index (χ0) is 12.7. The summed E-state index contributed by atoms with van der Waals surface area (Å²) in [4.78, 5) is 1.22. The van der Waals surface area contributed by atoms with Gasteiger partial charge >= 0.3 is 0 Å². The van der Waals surface area contributed by atoms with Gasteiger partial charge < -0.3 is 10.1 Å². The molecule has 96 valence electrons. The molecule has 17 heavy (non-hydrogen) atoms. The van der Waals surface area contributed by atoms with Gasteiger partial charge in [0.15, 0.2) is 0 Å². The van der Waals surface area contributed by atoms with E-state index in [0.29, 0.717) is 5.92 Å². The number of methoxy groups -OCH3 is 1. The Balaban J connectivity index is 2.56. The van der Waals surface area contributed by atoms with E-state index in [1.165, 1.54) is 10.5 Å². The molecular weight excluding hydrogens is 254 g/mol. The predicted molar refractivity (Wildman–Crippen MR) is 76.9 cm³/mol. The first kappa shape index (κ1) is 14.7. The van der Waals surface area contributed by atoms with Crippen LogP contribution in [0.25, 0.3) is 6.08 Å². The van der Waals surface area contributed by atoms with Crippen molar-refractivity contribution in [3.63, 3.8) is 0 Å². The van der Waals surface area contributed by atoms with Crippen molar-refractivity contribution in [1.29, 1.82) is 0 Å². The Morgan fingerprint density at radius 2 is 2.35 bits per heavy atom. The van der Waals surface area contributed by atoms with Gasteiger partial charge in [0.1, 0.15) is 0 Å². The van der Waals surface area contributed by atoms with Crippen LogP contribution in [0.4, 0.5) is 0 Å². The van der Waals surface area contributed by atoms with Crippen LogP contribution >= 0.6 is 22.9 Å². The Morgan fingerprint density at radius 1 is 1.59 bits per heavy atom. The first-order valence-electron chi connectivity index (χ1n) is 5.77. The van der Waals surface area contributed by atoms with Gasteiger partial charge in [0.25, 0.3) is 0 Å². The van der Waals surface area contributed by atoms with E-state index in [2.05, 4.69) is 25.2 Å². The molecule has 0 aliphatic rings. The maximum Gasteiger partial charge on any atom is 0.0587 e. The Hall–Kier alpha value is -0.350. The number of nitrogens with one attached hydrogen (secondary N) is 1. The Labute approximate surface area is 113 Å². The largest absolute Gasteiger partial charge is 0.383 e. The first-order chi connectivity index (χ1) is 8.13. The van der Waals surface area contributed by atoms with Crippen LogP contribution in [0, 0.1) is 5.92 Å². The van der Waals surface area contributed by atoms with Crippen molar-refractivity contribution >= 4 is 29.0 Å². The number of hydrogen-bond acceptors (Lipinski definition) is 3. The molecule has 0 atom stereocenters. The number of thiophene rings is 1. The van der Waals surface area contributed by atoms with Crippen molar-refractivity contribution in [2.75, 3.05) is 26.8 Å². The molecule has 0 unspecified atom stereocenters. The van der Waals surface area contributed by atoms with Crippen LogP contribution in [-0.2, 0) is 4.74 Å². The molecule has 0 saturated carbocycles. The van der Waals surface area contributed by atoms with Crippen LogP contribution in [0.1, 0.15) is 18.7 Å². The zero-order valence-electron chi connectivity index (χ0n) is 10.6. The van der Waals surface area contributed by atoms with Gasteiger partial charge in [0.05, 0.1) is 11.6 Å². The van der Waals surface area contributed by atoms with Crippen LogP contribution in [0.3, 0.4) is 0 Å². The molecular formula is C13H20ClNOS. The number of halogens is 1. The SMILES string of the molecule is COCCNCC(=Cc1cc(Cl)cs1)C(C)C. The highest BCUT2D eigenvalue weighted by atomic mass is 35.5.